The fraction of sp³-hybridized carbons (Fsp3) is 0.519. The molecule has 6 heteroatoms. The summed E-state index contributed by atoms with van der Waals surface area (Å²) < 4.78 is 6.04. The summed E-state index contributed by atoms with van der Waals surface area (Å²) in [4.78, 5) is 19.2. The number of rotatable bonds is 8. The lowest BCUT2D eigenvalue weighted by Crippen LogP contribution is -2.46. The molecule has 1 saturated heterocycles. The highest BCUT2D eigenvalue weighted by Crippen LogP contribution is 2.33. The van der Waals surface area contributed by atoms with Crippen LogP contribution in [0.15, 0.2) is 36.4 Å². The van der Waals surface area contributed by atoms with Gasteiger partial charge in [0.25, 0.3) is 0 Å². The Hall–Kier alpha value is -2.24. The molecule has 0 aromatic heterocycles. The van der Waals surface area contributed by atoms with E-state index in [2.05, 4.69) is 54.8 Å². The smallest absolute Gasteiger partial charge is 0.227 e. The first-order chi connectivity index (χ1) is 15.9. The molecule has 2 aromatic carbocycles. The van der Waals surface area contributed by atoms with Gasteiger partial charge in [0.05, 0.1) is 23.0 Å². The number of anilines is 2. The van der Waals surface area contributed by atoms with E-state index in [4.69, 9.17) is 16.3 Å². The summed E-state index contributed by atoms with van der Waals surface area (Å²) >= 11 is 6.51. The predicted molar refractivity (Wildman–Crippen MR) is 137 cm³/mol. The molecule has 0 aliphatic carbocycles. The van der Waals surface area contributed by atoms with Crippen LogP contribution in [0, 0.1) is 6.92 Å². The molecular formula is C27H36ClN3O2. The zero-order valence-electron chi connectivity index (χ0n) is 20.1. The van der Waals surface area contributed by atoms with Crippen molar-refractivity contribution in [3.63, 3.8) is 0 Å². The first kappa shape index (κ1) is 23.9. The van der Waals surface area contributed by atoms with Crippen molar-refractivity contribution >= 4 is 28.9 Å². The van der Waals surface area contributed by atoms with Crippen molar-refractivity contribution in [2.24, 2.45) is 0 Å². The molecule has 0 saturated carbocycles. The van der Waals surface area contributed by atoms with Crippen LogP contribution in [0.25, 0.3) is 0 Å². The van der Waals surface area contributed by atoms with Crippen LogP contribution < -0.4 is 14.5 Å². The maximum absolute atomic E-state index is 12.4. The van der Waals surface area contributed by atoms with Crippen molar-refractivity contribution < 1.29 is 9.53 Å². The van der Waals surface area contributed by atoms with Crippen molar-refractivity contribution in [1.29, 1.82) is 0 Å². The Kier molecular flexibility index (Phi) is 7.82. The van der Waals surface area contributed by atoms with Gasteiger partial charge in [0, 0.05) is 44.7 Å². The van der Waals surface area contributed by atoms with Crippen LogP contribution in [-0.2, 0) is 11.2 Å². The molecule has 5 nitrogen and oxygen atoms in total. The summed E-state index contributed by atoms with van der Waals surface area (Å²) in [5.41, 5.74) is 4.55. The van der Waals surface area contributed by atoms with Gasteiger partial charge in [-0.1, -0.05) is 29.8 Å². The summed E-state index contributed by atoms with van der Waals surface area (Å²) in [6, 6.07) is 12.6. The number of hydrogen-bond donors (Lipinski definition) is 0. The molecule has 2 heterocycles. The number of halogens is 1. The molecule has 178 valence electrons. The fourth-order valence-electron chi connectivity index (χ4n) is 4.85. The minimum absolute atomic E-state index is 0.161. The van der Waals surface area contributed by atoms with Gasteiger partial charge in [0.1, 0.15) is 5.75 Å². The van der Waals surface area contributed by atoms with Crippen LogP contribution in [-0.4, -0.2) is 56.2 Å². The second-order valence-corrected chi connectivity index (χ2v) is 9.82. The van der Waals surface area contributed by atoms with Crippen molar-refractivity contribution in [2.45, 2.75) is 52.5 Å². The van der Waals surface area contributed by atoms with E-state index in [1.165, 1.54) is 5.56 Å². The second kappa shape index (κ2) is 10.8. The largest absolute Gasteiger partial charge is 0.494 e. The van der Waals surface area contributed by atoms with Crippen LogP contribution in [0.1, 0.15) is 44.2 Å². The van der Waals surface area contributed by atoms with Gasteiger partial charge in [-0.15, -0.1) is 0 Å². The Morgan fingerprint density at radius 1 is 1.00 bits per heavy atom. The van der Waals surface area contributed by atoms with Crippen LogP contribution in [0.4, 0.5) is 11.4 Å². The van der Waals surface area contributed by atoms with E-state index in [1.54, 1.807) is 0 Å². The Labute approximate surface area is 203 Å². The van der Waals surface area contributed by atoms with Crippen molar-refractivity contribution in [1.82, 2.24) is 4.90 Å². The summed E-state index contributed by atoms with van der Waals surface area (Å²) in [5, 5.41) is 0.881. The van der Waals surface area contributed by atoms with Crippen molar-refractivity contribution in [3.05, 3.63) is 52.5 Å². The average Bonchev–Trinajstić information content (AvgIpc) is 2.80. The topological polar surface area (TPSA) is 36.0 Å². The number of carbonyl (C=O) groups excluding carboxylic acids is 1. The highest BCUT2D eigenvalue weighted by atomic mass is 35.5. The van der Waals surface area contributed by atoms with E-state index < -0.39 is 0 Å². The monoisotopic (exact) mass is 469 g/mol. The molecule has 0 N–H and O–H groups in total. The van der Waals surface area contributed by atoms with Crippen molar-refractivity contribution in [2.75, 3.05) is 49.1 Å². The zero-order valence-corrected chi connectivity index (χ0v) is 20.9. The molecule has 2 aliphatic heterocycles. The van der Waals surface area contributed by atoms with E-state index in [-0.39, 0.29) is 11.9 Å². The summed E-state index contributed by atoms with van der Waals surface area (Å²) in [6.07, 6.45) is 3.55. The van der Waals surface area contributed by atoms with Gasteiger partial charge in [0.2, 0.25) is 5.91 Å². The van der Waals surface area contributed by atoms with Gasteiger partial charge >= 0.3 is 0 Å². The number of unbranched alkanes of at least 4 members (excludes halogenated alkanes) is 1. The second-order valence-electron chi connectivity index (χ2n) is 9.44. The minimum Gasteiger partial charge on any atom is -0.494 e. The maximum atomic E-state index is 12.4. The number of hydrogen-bond acceptors (Lipinski definition) is 4. The maximum Gasteiger partial charge on any atom is 0.227 e. The number of nitrogens with zero attached hydrogens (tertiary/aromatic N) is 3. The first-order valence-corrected chi connectivity index (χ1v) is 12.6. The molecule has 4 rings (SSSR count). The van der Waals surface area contributed by atoms with E-state index in [9.17, 15) is 4.79 Å². The Morgan fingerprint density at radius 3 is 2.55 bits per heavy atom. The quantitative estimate of drug-likeness (QED) is 0.490. The summed E-state index contributed by atoms with van der Waals surface area (Å²) in [5.74, 6) is 1.07. The number of fused-ring (bicyclic) bond motifs is 1. The molecule has 1 fully saturated rings. The highest BCUT2D eigenvalue weighted by Gasteiger charge is 2.26. The van der Waals surface area contributed by atoms with Crippen molar-refractivity contribution in [3.8, 4) is 5.75 Å². The van der Waals surface area contributed by atoms with Gasteiger partial charge in [0.15, 0.2) is 0 Å². The number of amides is 1. The lowest BCUT2D eigenvalue weighted by molar-refractivity contribution is -0.119. The van der Waals surface area contributed by atoms with Gasteiger partial charge < -0.3 is 14.5 Å². The fourth-order valence-corrected chi connectivity index (χ4v) is 5.09. The standard InChI is InChI=1S/C27H36ClN3O2/c1-20(2)31-25-19-23(11-9-22(25)10-12-26(31)32)33-18-5-4-13-29-14-16-30(17-15-29)24-8-6-7-21(3)27(24)28/h6-9,11,19-20H,4-5,10,12-18H2,1-3H3. The Morgan fingerprint density at radius 2 is 1.79 bits per heavy atom. The third-order valence-corrected chi connectivity index (χ3v) is 7.22. The number of piperazine rings is 1. The van der Waals surface area contributed by atoms with Crippen LogP contribution in [0.3, 0.4) is 0 Å². The number of aryl methyl sites for hydroxylation is 2. The molecule has 2 aliphatic rings. The molecule has 0 unspecified atom stereocenters. The Bertz CT molecular complexity index is 970. The lowest BCUT2D eigenvalue weighted by Gasteiger charge is -2.36. The summed E-state index contributed by atoms with van der Waals surface area (Å²) in [7, 11) is 0. The van der Waals surface area contributed by atoms with Crippen LogP contribution in [0.5, 0.6) is 5.75 Å². The number of benzene rings is 2. The van der Waals surface area contributed by atoms with Gasteiger partial charge in [-0.2, -0.15) is 0 Å². The third kappa shape index (κ3) is 5.64. The molecule has 33 heavy (non-hydrogen) atoms. The predicted octanol–water partition coefficient (Wildman–Crippen LogP) is 5.32. The summed E-state index contributed by atoms with van der Waals surface area (Å²) in [6.45, 7) is 12.1. The van der Waals surface area contributed by atoms with E-state index in [0.717, 1.165) is 79.7 Å². The van der Waals surface area contributed by atoms with Gasteiger partial charge in [-0.3, -0.25) is 9.69 Å². The first-order valence-electron chi connectivity index (χ1n) is 12.2. The SMILES string of the molecule is Cc1cccc(N2CCN(CCCCOc3ccc4c(c3)N(C(C)C)C(=O)CC4)CC2)c1Cl. The molecular weight excluding hydrogens is 434 g/mol. The third-order valence-electron chi connectivity index (χ3n) is 6.73. The van der Waals surface area contributed by atoms with E-state index in [0.29, 0.717) is 13.0 Å². The average molecular weight is 470 g/mol. The molecule has 1 amide bonds. The minimum atomic E-state index is 0.161. The van der Waals surface area contributed by atoms with Gasteiger partial charge in [-0.25, -0.2) is 0 Å². The van der Waals surface area contributed by atoms with E-state index >= 15 is 0 Å². The van der Waals surface area contributed by atoms with Crippen LogP contribution >= 0.6 is 11.6 Å². The molecule has 0 atom stereocenters. The zero-order chi connectivity index (χ0) is 23.4. The van der Waals surface area contributed by atoms with Crippen LogP contribution in [0.2, 0.25) is 5.02 Å². The normalized spacial score (nSPS) is 16.9. The molecule has 0 bridgehead atoms. The number of carbonyl (C=O) groups is 1. The molecule has 0 radical (unpaired) electrons. The number of ether oxygens (including phenoxy) is 1. The Balaban J connectivity index is 1.20. The highest BCUT2D eigenvalue weighted by molar-refractivity contribution is 6.34. The molecule has 0 spiro atoms. The molecule has 2 aromatic rings. The van der Waals surface area contributed by atoms with Gasteiger partial charge in [-0.05, 0) is 69.8 Å². The lowest BCUT2D eigenvalue weighted by atomic mass is 9.99. The van der Waals surface area contributed by atoms with E-state index in [1.807, 2.05) is 17.0 Å².